The highest BCUT2D eigenvalue weighted by molar-refractivity contribution is 6.30. The number of carbonyl (C=O) groups excluding carboxylic acids is 1. The van der Waals surface area contributed by atoms with Crippen molar-refractivity contribution in [3.63, 3.8) is 0 Å². The molecule has 0 amide bonds. The molecule has 9 heteroatoms. The van der Waals surface area contributed by atoms with Gasteiger partial charge in [-0.15, -0.1) is 0 Å². The molecule has 6 nitrogen and oxygen atoms in total. The summed E-state index contributed by atoms with van der Waals surface area (Å²) in [5.41, 5.74) is -0.135. The van der Waals surface area contributed by atoms with Crippen molar-refractivity contribution in [2.24, 2.45) is 11.8 Å². The Morgan fingerprint density at radius 3 is 2.10 bits per heavy atom. The number of fused-ring (bicyclic) bond motifs is 1. The van der Waals surface area contributed by atoms with Crippen LogP contribution < -0.4 is 20.1 Å². The second-order valence-corrected chi connectivity index (χ2v) is 11.9. The van der Waals surface area contributed by atoms with E-state index in [1.54, 1.807) is 45.0 Å². The summed E-state index contributed by atoms with van der Waals surface area (Å²) in [6.07, 6.45) is 5.43. The van der Waals surface area contributed by atoms with E-state index in [1.807, 2.05) is 24.3 Å². The highest BCUT2D eigenvalue weighted by atomic mass is 35.5. The van der Waals surface area contributed by atoms with E-state index in [-0.39, 0.29) is 18.4 Å². The first-order valence-corrected chi connectivity index (χ1v) is 14.9. The van der Waals surface area contributed by atoms with Gasteiger partial charge in [-0.2, -0.15) is 0 Å². The number of hydrogen-bond acceptors (Lipinski definition) is 6. The molecule has 1 aliphatic carbocycles. The number of benzene rings is 3. The molecule has 0 radical (unpaired) electrons. The second kappa shape index (κ2) is 12.4. The Morgan fingerprint density at radius 2 is 1.52 bits per heavy atom. The predicted molar refractivity (Wildman–Crippen MR) is 160 cm³/mol. The number of halogens is 3. The van der Waals surface area contributed by atoms with Gasteiger partial charge >= 0.3 is 5.97 Å². The van der Waals surface area contributed by atoms with Crippen molar-refractivity contribution in [1.82, 2.24) is 0 Å². The number of carbonyl (C=O) groups is 1. The van der Waals surface area contributed by atoms with Crippen LogP contribution in [0.3, 0.4) is 0 Å². The molecule has 0 saturated heterocycles. The van der Waals surface area contributed by atoms with Crippen molar-refractivity contribution in [2.45, 2.75) is 64.1 Å². The first-order valence-electron chi connectivity index (χ1n) is 14.5. The lowest BCUT2D eigenvalue weighted by Crippen LogP contribution is -2.51. The van der Waals surface area contributed by atoms with Crippen LogP contribution in [0.2, 0.25) is 5.02 Å². The highest BCUT2D eigenvalue weighted by Gasteiger charge is 2.49. The molecule has 2 N–H and O–H groups in total. The maximum Gasteiger partial charge on any atom is 0.349 e. The zero-order valence-electron chi connectivity index (χ0n) is 24.1. The third-order valence-electron chi connectivity index (χ3n) is 8.19. The molecular formula is C33H37ClF2N2O4. The molecule has 1 fully saturated rings. The Hall–Kier alpha value is -3.52. The topological polar surface area (TPSA) is 68.8 Å². The summed E-state index contributed by atoms with van der Waals surface area (Å²) in [6.45, 7) is 5.69. The summed E-state index contributed by atoms with van der Waals surface area (Å²) in [7, 11) is 0. The lowest BCUT2D eigenvalue weighted by Gasteiger charge is -2.44. The van der Waals surface area contributed by atoms with Crippen LogP contribution in [0.5, 0.6) is 11.5 Å². The molecule has 0 aromatic heterocycles. The molecule has 3 aromatic rings. The first-order chi connectivity index (χ1) is 20.1. The van der Waals surface area contributed by atoms with Crippen LogP contribution in [0, 0.1) is 23.5 Å². The molecule has 5 rings (SSSR count). The minimum atomic E-state index is -1.14. The van der Waals surface area contributed by atoms with Gasteiger partial charge in [0, 0.05) is 23.1 Å². The lowest BCUT2D eigenvalue weighted by atomic mass is 9.72. The fourth-order valence-corrected chi connectivity index (χ4v) is 6.17. The van der Waals surface area contributed by atoms with E-state index in [9.17, 15) is 13.6 Å². The zero-order chi connectivity index (χ0) is 29.9. The minimum absolute atomic E-state index is 0.115. The maximum atomic E-state index is 14.3. The van der Waals surface area contributed by atoms with Crippen LogP contribution >= 0.6 is 11.6 Å². The van der Waals surface area contributed by atoms with Gasteiger partial charge in [-0.3, -0.25) is 0 Å². The van der Waals surface area contributed by atoms with Gasteiger partial charge in [0.25, 0.3) is 0 Å². The average molecular weight is 599 g/mol. The van der Waals surface area contributed by atoms with E-state index in [1.165, 1.54) is 18.6 Å². The molecule has 224 valence electrons. The molecule has 1 unspecified atom stereocenters. The molecule has 0 bridgehead atoms. The van der Waals surface area contributed by atoms with E-state index in [0.717, 1.165) is 31.2 Å². The number of ether oxygens (including phenoxy) is 3. The average Bonchev–Trinajstić information content (AvgIpc) is 3.34. The molecule has 1 atom stereocenters. The van der Waals surface area contributed by atoms with Crippen LogP contribution in [-0.4, -0.2) is 24.8 Å². The summed E-state index contributed by atoms with van der Waals surface area (Å²) in [4.78, 5) is 12.2. The standard InChI is InChI=1S/C33H37ClF2N2O4/c1-4-40-31(39)32(2,3)42-25-16-14-24(15-17-25)41-20-26(21-8-6-5-7-9-21)33(22-10-12-23(34)13-11-22)37-29-18-27(35)28(36)19-30(29)38-33/h10-19,21,26,37-38H,4-9,20H2,1-3H3. The third-order valence-corrected chi connectivity index (χ3v) is 8.44. The summed E-state index contributed by atoms with van der Waals surface area (Å²) in [5, 5.41) is 7.67. The van der Waals surface area contributed by atoms with Crippen LogP contribution in [0.1, 0.15) is 58.4 Å². The van der Waals surface area contributed by atoms with Gasteiger partial charge in [-0.05, 0) is 81.5 Å². The fourth-order valence-electron chi connectivity index (χ4n) is 6.05. The summed E-state index contributed by atoms with van der Waals surface area (Å²) in [5.74, 6) is -0.938. The molecule has 1 heterocycles. The summed E-state index contributed by atoms with van der Waals surface area (Å²) in [6, 6.07) is 17.0. The number of esters is 1. The molecule has 42 heavy (non-hydrogen) atoms. The number of anilines is 2. The monoisotopic (exact) mass is 598 g/mol. The molecule has 1 aliphatic heterocycles. The smallest absolute Gasteiger partial charge is 0.349 e. The molecule has 3 aromatic carbocycles. The largest absolute Gasteiger partial charge is 0.493 e. The Bertz CT molecular complexity index is 1360. The Kier molecular flexibility index (Phi) is 8.83. The SMILES string of the molecule is CCOC(=O)C(C)(C)Oc1ccc(OCC(C2CCCCC2)C2(c3ccc(Cl)cc3)Nc3cc(F)c(F)cc3N2)cc1. The Balaban J connectivity index is 1.43. The van der Waals surface area contributed by atoms with E-state index in [4.69, 9.17) is 25.8 Å². The van der Waals surface area contributed by atoms with Crippen LogP contribution in [0.4, 0.5) is 20.2 Å². The Labute approximate surface area is 250 Å². The molecular weight excluding hydrogens is 562 g/mol. The van der Waals surface area contributed by atoms with E-state index < -0.39 is 28.9 Å². The highest BCUT2D eigenvalue weighted by Crippen LogP contribution is 2.49. The lowest BCUT2D eigenvalue weighted by molar-refractivity contribution is -0.158. The third kappa shape index (κ3) is 6.28. The van der Waals surface area contributed by atoms with Gasteiger partial charge < -0.3 is 24.8 Å². The number of hydrogen-bond donors (Lipinski definition) is 2. The van der Waals surface area contributed by atoms with Crippen LogP contribution in [0.25, 0.3) is 0 Å². The maximum absolute atomic E-state index is 14.3. The zero-order valence-corrected chi connectivity index (χ0v) is 24.9. The van der Waals surface area contributed by atoms with Gasteiger partial charge in [-0.1, -0.05) is 43.0 Å². The van der Waals surface area contributed by atoms with E-state index >= 15 is 0 Å². The van der Waals surface area contributed by atoms with Crippen molar-refractivity contribution >= 4 is 28.9 Å². The van der Waals surface area contributed by atoms with Crippen molar-refractivity contribution in [2.75, 3.05) is 23.8 Å². The van der Waals surface area contributed by atoms with Crippen molar-refractivity contribution in [3.8, 4) is 11.5 Å². The van der Waals surface area contributed by atoms with Gasteiger partial charge in [0.05, 0.1) is 24.6 Å². The van der Waals surface area contributed by atoms with Crippen molar-refractivity contribution in [3.05, 3.63) is 82.9 Å². The van der Waals surface area contributed by atoms with Gasteiger partial charge in [-0.25, -0.2) is 13.6 Å². The Morgan fingerprint density at radius 1 is 0.952 bits per heavy atom. The normalized spacial score (nSPS) is 17.0. The summed E-state index contributed by atoms with van der Waals surface area (Å²) < 4.78 is 46.0. The van der Waals surface area contributed by atoms with Crippen molar-refractivity contribution in [1.29, 1.82) is 0 Å². The molecule has 0 spiro atoms. The fraction of sp³-hybridized carbons (Fsp3) is 0.424. The van der Waals surface area contributed by atoms with E-state index in [2.05, 4.69) is 10.6 Å². The predicted octanol–water partition coefficient (Wildman–Crippen LogP) is 8.30. The van der Waals surface area contributed by atoms with Gasteiger partial charge in [0.1, 0.15) is 17.2 Å². The van der Waals surface area contributed by atoms with E-state index in [0.29, 0.717) is 34.5 Å². The van der Waals surface area contributed by atoms with Crippen molar-refractivity contribution < 1.29 is 27.8 Å². The van der Waals surface area contributed by atoms with Gasteiger partial charge in [0.2, 0.25) is 0 Å². The second-order valence-electron chi connectivity index (χ2n) is 11.5. The minimum Gasteiger partial charge on any atom is -0.493 e. The molecule has 2 aliphatic rings. The quantitative estimate of drug-likeness (QED) is 0.229. The summed E-state index contributed by atoms with van der Waals surface area (Å²) >= 11 is 6.25. The first kappa shape index (κ1) is 30.0. The van der Waals surface area contributed by atoms with Gasteiger partial charge in [0.15, 0.2) is 17.2 Å². The van der Waals surface area contributed by atoms with Crippen LogP contribution in [-0.2, 0) is 15.2 Å². The number of nitrogens with one attached hydrogen (secondary N) is 2. The molecule has 1 saturated carbocycles. The van der Waals surface area contributed by atoms with Crippen LogP contribution in [0.15, 0.2) is 60.7 Å². The number of rotatable bonds is 10.